The molecule has 0 fully saturated rings. The first-order valence-corrected chi connectivity index (χ1v) is 4.25. The molecule has 0 aliphatic carbocycles. The molecule has 0 amide bonds. The Kier molecular flexibility index (Phi) is 3.53. The van der Waals surface area contributed by atoms with E-state index in [1.165, 1.54) is 0 Å². The summed E-state index contributed by atoms with van der Waals surface area (Å²) >= 11 is 5.58. The first-order chi connectivity index (χ1) is 5.77. The fourth-order valence-corrected chi connectivity index (χ4v) is 1.11. The van der Waals surface area contributed by atoms with Gasteiger partial charge in [-0.2, -0.15) is 0 Å². The van der Waals surface area contributed by atoms with Crippen molar-refractivity contribution in [3.8, 4) is 0 Å². The van der Waals surface area contributed by atoms with Gasteiger partial charge in [0.15, 0.2) is 0 Å². The molecule has 3 heteroatoms. The maximum Gasteiger partial charge on any atom is 0.102 e. The molecule has 0 unspecified atom stereocenters. The first-order valence-electron chi connectivity index (χ1n) is 3.71. The van der Waals surface area contributed by atoms with Gasteiger partial charge in [-0.25, -0.2) is 0 Å². The highest BCUT2D eigenvalue weighted by Crippen LogP contribution is 2.13. The lowest BCUT2D eigenvalue weighted by Gasteiger charge is -2.06. The van der Waals surface area contributed by atoms with Crippen molar-refractivity contribution in [2.75, 3.05) is 6.61 Å². The average molecular weight is 187 g/mol. The molecule has 0 bridgehead atoms. The molecule has 1 aromatic carbocycles. The number of aliphatic hydroxyl groups excluding tert-OH is 2. The van der Waals surface area contributed by atoms with Crippen molar-refractivity contribution in [3.63, 3.8) is 0 Å². The highest BCUT2D eigenvalue weighted by molar-refractivity contribution is 6.17. The third-order valence-electron chi connectivity index (χ3n) is 1.69. The van der Waals surface area contributed by atoms with E-state index in [1.807, 2.05) is 12.1 Å². The Balaban J connectivity index is 2.77. The smallest absolute Gasteiger partial charge is 0.102 e. The van der Waals surface area contributed by atoms with Crippen molar-refractivity contribution in [2.24, 2.45) is 0 Å². The van der Waals surface area contributed by atoms with Gasteiger partial charge in [0.05, 0.1) is 6.61 Å². The largest absolute Gasteiger partial charge is 0.393 e. The Hall–Kier alpha value is -0.570. The van der Waals surface area contributed by atoms with Crippen LogP contribution in [0.4, 0.5) is 0 Å². The fourth-order valence-electron chi connectivity index (χ4n) is 0.934. The standard InChI is InChI=1S/C9H11ClO2/c10-5-7-1-3-8(4-2-7)9(12)6-11/h1-4,9,11-12H,5-6H2/t9-/m0/s1. The van der Waals surface area contributed by atoms with Gasteiger partial charge in [-0.3, -0.25) is 0 Å². The van der Waals surface area contributed by atoms with Crippen LogP contribution >= 0.6 is 11.6 Å². The minimum absolute atomic E-state index is 0.250. The van der Waals surface area contributed by atoms with E-state index in [0.717, 1.165) is 5.56 Å². The van der Waals surface area contributed by atoms with Crippen LogP contribution in [0.3, 0.4) is 0 Å². The number of alkyl halides is 1. The Morgan fingerprint density at radius 3 is 2.25 bits per heavy atom. The second kappa shape index (κ2) is 4.45. The summed E-state index contributed by atoms with van der Waals surface area (Å²) in [6.45, 7) is -0.250. The molecule has 0 radical (unpaired) electrons. The van der Waals surface area contributed by atoms with Crippen LogP contribution in [0.25, 0.3) is 0 Å². The van der Waals surface area contributed by atoms with Crippen LogP contribution in [0.2, 0.25) is 0 Å². The molecule has 12 heavy (non-hydrogen) atoms. The number of benzene rings is 1. The predicted molar refractivity (Wildman–Crippen MR) is 48.0 cm³/mol. The van der Waals surface area contributed by atoms with Gasteiger partial charge in [0.25, 0.3) is 0 Å². The molecule has 2 N–H and O–H groups in total. The van der Waals surface area contributed by atoms with Gasteiger partial charge in [-0.15, -0.1) is 11.6 Å². The van der Waals surface area contributed by atoms with Gasteiger partial charge in [0.2, 0.25) is 0 Å². The van der Waals surface area contributed by atoms with E-state index in [9.17, 15) is 5.11 Å². The minimum Gasteiger partial charge on any atom is -0.393 e. The molecule has 0 saturated heterocycles. The SMILES string of the molecule is OC[C@H](O)c1ccc(CCl)cc1. The molecular formula is C9H11ClO2. The average Bonchev–Trinajstić information content (AvgIpc) is 2.17. The van der Waals surface area contributed by atoms with E-state index in [4.69, 9.17) is 16.7 Å². The lowest BCUT2D eigenvalue weighted by atomic mass is 10.1. The van der Waals surface area contributed by atoms with E-state index in [1.54, 1.807) is 12.1 Å². The molecule has 2 nitrogen and oxygen atoms in total. The molecular weight excluding hydrogens is 176 g/mol. The first kappa shape index (κ1) is 9.52. The third-order valence-corrected chi connectivity index (χ3v) is 2.00. The van der Waals surface area contributed by atoms with E-state index >= 15 is 0 Å². The highest BCUT2D eigenvalue weighted by atomic mass is 35.5. The van der Waals surface area contributed by atoms with Gasteiger partial charge in [-0.1, -0.05) is 24.3 Å². The summed E-state index contributed by atoms with van der Waals surface area (Å²) in [4.78, 5) is 0. The van der Waals surface area contributed by atoms with Crippen molar-refractivity contribution in [2.45, 2.75) is 12.0 Å². The van der Waals surface area contributed by atoms with Gasteiger partial charge < -0.3 is 10.2 Å². The Morgan fingerprint density at radius 2 is 1.83 bits per heavy atom. The second-order valence-corrected chi connectivity index (χ2v) is 2.84. The van der Waals surface area contributed by atoms with Crippen LogP contribution in [-0.2, 0) is 5.88 Å². The summed E-state index contributed by atoms with van der Waals surface area (Å²) in [6.07, 6.45) is -0.783. The number of halogens is 1. The number of aliphatic hydroxyl groups is 2. The summed E-state index contributed by atoms with van der Waals surface area (Å²) in [5.74, 6) is 0.468. The monoisotopic (exact) mass is 186 g/mol. The highest BCUT2D eigenvalue weighted by Gasteiger charge is 2.04. The van der Waals surface area contributed by atoms with E-state index in [-0.39, 0.29) is 6.61 Å². The van der Waals surface area contributed by atoms with Gasteiger partial charge in [-0.05, 0) is 11.1 Å². The quantitative estimate of drug-likeness (QED) is 0.702. The van der Waals surface area contributed by atoms with Crippen LogP contribution in [-0.4, -0.2) is 16.8 Å². The zero-order chi connectivity index (χ0) is 8.97. The zero-order valence-electron chi connectivity index (χ0n) is 6.57. The summed E-state index contributed by atoms with van der Waals surface area (Å²) in [5, 5.41) is 17.8. The van der Waals surface area contributed by atoms with Gasteiger partial charge in [0, 0.05) is 5.88 Å². The van der Waals surface area contributed by atoms with Crippen molar-refractivity contribution in [3.05, 3.63) is 35.4 Å². The van der Waals surface area contributed by atoms with Crippen LogP contribution < -0.4 is 0 Å². The molecule has 66 valence electrons. The van der Waals surface area contributed by atoms with Crippen LogP contribution in [0.1, 0.15) is 17.2 Å². The Labute approximate surface area is 76.4 Å². The number of rotatable bonds is 3. The minimum atomic E-state index is -0.783. The molecule has 0 aliphatic heterocycles. The Morgan fingerprint density at radius 1 is 1.25 bits per heavy atom. The maximum absolute atomic E-state index is 9.21. The van der Waals surface area contributed by atoms with E-state index < -0.39 is 6.10 Å². The van der Waals surface area contributed by atoms with Crippen LogP contribution in [0.5, 0.6) is 0 Å². The van der Waals surface area contributed by atoms with Gasteiger partial charge in [0.1, 0.15) is 6.10 Å². The molecule has 0 aromatic heterocycles. The predicted octanol–water partition coefficient (Wildman–Crippen LogP) is 1.45. The number of hydrogen-bond acceptors (Lipinski definition) is 2. The second-order valence-electron chi connectivity index (χ2n) is 2.57. The fraction of sp³-hybridized carbons (Fsp3) is 0.333. The van der Waals surface area contributed by atoms with Crippen molar-refractivity contribution in [1.82, 2.24) is 0 Å². The third kappa shape index (κ3) is 2.21. The number of hydrogen-bond donors (Lipinski definition) is 2. The topological polar surface area (TPSA) is 40.5 Å². The molecule has 0 spiro atoms. The van der Waals surface area contributed by atoms with E-state index in [0.29, 0.717) is 11.4 Å². The van der Waals surface area contributed by atoms with Crippen LogP contribution in [0, 0.1) is 0 Å². The summed E-state index contributed by atoms with van der Waals surface area (Å²) < 4.78 is 0. The van der Waals surface area contributed by atoms with Crippen molar-refractivity contribution in [1.29, 1.82) is 0 Å². The zero-order valence-corrected chi connectivity index (χ0v) is 7.33. The summed E-state index contributed by atoms with van der Waals surface area (Å²) in [6, 6.07) is 7.19. The normalized spacial score (nSPS) is 12.9. The van der Waals surface area contributed by atoms with Crippen molar-refractivity contribution >= 4 is 11.6 Å². The lowest BCUT2D eigenvalue weighted by molar-refractivity contribution is 0.0956. The molecule has 0 aliphatic rings. The summed E-state index contributed by atoms with van der Waals surface area (Å²) in [5.41, 5.74) is 1.72. The van der Waals surface area contributed by atoms with Gasteiger partial charge >= 0.3 is 0 Å². The van der Waals surface area contributed by atoms with E-state index in [2.05, 4.69) is 0 Å². The molecule has 0 saturated carbocycles. The van der Waals surface area contributed by atoms with Crippen LogP contribution in [0.15, 0.2) is 24.3 Å². The molecule has 1 atom stereocenters. The maximum atomic E-state index is 9.21. The molecule has 1 rings (SSSR count). The molecule has 1 aromatic rings. The molecule has 0 heterocycles. The Bertz CT molecular complexity index is 233. The summed E-state index contributed by atoms with van der Waals surface area (Å²) in [7, 11) is 0. The lowest BCUT2D eigenvalue weighted by Crippen LogP contribution is -2.01. The van der Waals surface area contributed by atoms with Crippen molar-refractivity contribution < 1.29 is 10.2 Å².